The average Bonchev–Trinajstić information content (AvgIpc) is 3.16. The van der Waals surface area contributed by atoms with Gasteiger partial charge >= 0.3 is 6.18 Å². The van der Waals surface area contributed by atoms with Crippen LogP contribution in [0.1, 0.15) is 30.8 Å². The van der Waals surface area contributed by atoms with Crippen LogP contribution in [0.5, 0.6) is 0 Å². The highest BCUT2D eigenvalue weighted by molar-refractivity contribution is 5.60. The van der Waals surface area contributed by atoms with E-state index in [1.54, 1.807) is 38.1 Å². The number of rotatable bonds is 4. The minimum absolute atomic E-state index is 0.00361. The third-order valence-electron chi connectivity index (χ3n) is 5.25. The molecule has 0 amide bonds. The molecular formula is C23H16F6N4. The molecule has 10 heteroatoms. The second-order valence-corrected chi connectivity index (χ2v) is 7.80. The first-order valence-corrected chi connectivity index (χ1v) is 9.70. The fraction of sp³-hybridized carbons (Fsp3) is 0.174. The van der Waals surface area contributed by atoms with E-state index in [9.17, 15) is 26.3 Å². The quantitative estimate of drug-likeness (QED) is 0.286. The topological polar surface area (TPSA) is 54.5 Å². The Labute approximate surface area is 184 Å². The fourth-order valence-corrected chi connectivity index (χ4v) is 3.39. The van der Waals surface area contributed by atoms with Crippen molar-refractivity contribution < 1.29 is 26.3 Å². The minimum atomic E-state index is -4.84. The first-order valence-electron chi connectivity index (χ1n) is 9.70. The predicted molar refractivity (Wildman–Crippen MR) is 108 cm³/mol. The molecule has 33 heavy (non-hydrogen) atoms. The van der Waals surface area contributed by atoms with Crippen molar-refractivity contribution in [3.8, 4) is 22.6 Å². The maximum atomic E-state index is 14.4. The Hall–Kier alpha value is -3.69. The minimum Gasteiger partial charge on any atom is -0.357 e. The molecule has 0 spiro atoms. The van der Waals surface area contributed by atoms with Crippen LogP contribution < -0.4 is 0 Å². The SMILES string of the molecule is CC(C)(c1cccc(-c2ccc(F)nc2F)n1)c1cccc(-c2[nH]cc(C(F)(F)F)c2F)n1. The number of nitrogens with zero attached hydrogens (tertiary/aromatic N) is 3. The van der Waals surface area contributed by atoms with Gasteiger partial charge in [0.1, 0.15) is 11.3 Å². The summed E-state index contributed by atoms with van der Waals surface area (Å²) in [6.45, 7) is 3.52. The largest absolute Gasteiger partial charge is 0.420 e. The molecule has 0 saturated heterocycles. The Morgan fingerprint density at radius 2 is 1.36 bits per heavy atom. The van der Waals surface area contributed by atoms with E-state index in [1.165, 1.54) is 18.2 Å². The zero-order valence-corrected chi connectivity index (χ0v) is 17.3. The molecule has 0 radical (unpaired) electrons. The monoisotopic (exact) mass is 462 g/mol. The van der Waals surface area contributed by atoms with Crippen LogP contribution >= 0.6 is 0 Å². The van der Waals surface area contributed by atoms with E-state index in [0.29, 0.717) is 17.6 Å². The summed E-state index contributed by atoms with van der Waals surface area (Å²) in [5.74, 6) is -3.41. The van der Waals surface area contributed by atoms with Crippen LogP contribution in [0.25, 0.3) is 22.6 Å². The lowest BCUT2D eigenvalue weighted by Crippen LogP contribution is -2.22. The first-order chi connectivity index (χ1) is 15.5. The van der Waals surface area contributed by atoms with Crippen molar-refractivity contribution in [2.24, 2.45) is 0 Å². The number of H-pyrrole nitrogens is 1. The fourth-order valence-electron chi connectivity index (χ4n) is 3.39. The van der Waals surface area contributed by atoms with Crippen molar-refractivity contribution >= 4 is 0 Å². The number of pyridine rings is 3. The number of aromatic nitrogens is 4. The van der Waals surface area contributed by atoms with E-state index in [4.69, 9.17) is 0 Å². The normalized spacial score (nSPS) is 12.2. The van der Waals surface area contributed by atoms with Gasteiger partial charge in [-0.05, 0) is 50.2 Å². The molecule has 0 aliphatic rings. The van der Waals surface area contributed by atoms with Crippen molar-refractivity contribution in [1.82, 2.24) is 19.9 Å². The van der Waals surface area contributed by atoms with Gasteiger partial charge in [0.25, 0.3) is 0 Å². The molecule has 0 bridgehead atoms. The van der Waals surface area contributed by atoms with E-state index >= 15 is 0 Å². The number of alkyl halides is 3. The van der Waals surface area contributed by atoms with Crippen molar-refractivity contribution in [1.29, 1.82) is 0 Å². The summed E-state index contributed by atoms with van der Waals surface area (Å²) in [5.41, 5.74) is -1.64. The van der Waals surface area contributed by atoms with Gasteiger partial charge in [-0.1, -0.05) is 12.1 Å². The lowest BCUT2D eigenvalue weighted by Gasteiger charge is -2.24. The maximum Gasteiger partial charge on any atom is 0.420 e. The molecule has 0 saturated carbocycles. The zero-order valence-electron chi connectivity index (χ0n) is 17.3. The molecular weight excluding hydrogens is 446 g/mol. The Bertz CT molecular complexity index is 1330. The highest BCUT2D eigenvalue weighted by atomic mass is 19.4. The van der Waals surface area contributed by atoms with Crippen LogP contribution in [0.15, 0.2) is 54.7 Å². The van der Waals surface area contributed by atoms with Crippen molar-refractivity contribution in [2.45, 2.75) is 25.4 Å². The molecule has 170 valence electrons. The summed E-state index contributed by atoms with van der Waals surface area (Å²) in [6, 6.07) is 11.6. The predicted octanol–water partition coefficient (Wildman–Crippen LogP) is 6.30. The van der Waals surface area contributed by atoms with Crippen LogP contribution in [0.3, 0.4) is 0 Å². The van der Waals surface area contributed by atoms with Crippen LogP contribution in [0.2, 0.25) is 0 Å². The molecule has 4 rings (SSSR count). The Morgan fingerprint density at radius 1 is 0.758 bits per heavy atom. The molecule has 1 N–H and O–H groups in total. The van der Waals surface area contributed by atoms with Gasteiger partial charge in [-0.2, -0.15) is 26.9 Å². The van der Waals surface area contributed by atoms with Crippen LogP contribution in [-0.2, 0) is 11.6 Å². The standard InChI is InChI=1S/C23H16F6N4/c1-22(2,16-7-3-5-14(31-16)12-9-10-18(24)33-21(12)26)17-8-4-6-15(32-17)20-19(25)13(11-30-20)23(27,28)29/h3-11,30H,1-2H3. The molecule has 0 aliphatic heterocycles. The lowest BCUT2D eigenvalue weighted by atomic mass is 9.84. The molecule has 0 aliphatic carbocycles. The third kappa shape index (κ3) is 4.20. The number of aromatic amines is 1. The average molecular weight is 462 g/mol. The molecule has 0 atom stereocenters. The summed E-state index contributed by atoms with van der Waals surface area (Å²) in [7, 11) is 0. The van der Waals surface area contributed by atoms with Gasteiger partial charge in [0.15, 0.2) is 5.82 Å². The molecule has 4 aromatic heterocycles. The van der Waals surface area contributed by atoms with Gasteiger partial charge in [-0.3, -0.25) is 9.97 Å². The van der Waals surface area contributed by atoms with E-state index in [1.807, 2.05) is 0 Å². The molecule has 0 fully saturated rings. The third-order valence-corrected chi connectivity index (χ3v) is 5.25. The molecule has 0 aromatic carbocycles. The number of hydrogen-bond acceptors (Lipinski definition) is 3. The zero-order chi connectivity index (χ0) is 24.0. The Balaban J connectivity index is 1.74. The van der Waals surface area contributed by atoms with Gasteiger partial charge < -0.3 is 4.98 Å². The number of nitrogens with one attached hydrogen (secondary N) is 1. The highest BCUT2D eigenvalue weighted by Gasteiger charge is 2.37. The lowest BCUT2D eigenvalue weighted by molar-refractivity contribution is -0.139. The summed E-state index contributed by atoms with van der Waals surface area (Å²) < 4.78 is 80.6. The molecule has 4 aromatic rings. The number of hydrogen-bond donors (Lipinski definition) is 1. The van der Waals surface area contributed by atoms with Gasteiger partial charge in [0.05, 0.1) is 28.3 Å². The summed E-state index contributed by atoms with van der Waals surface area (Å²) in [5, 5.41) is 0. The smallest absolute Gasteiger partial charge is 0.357 e. The van der Waals surface area contributed by atoms with E-state index in [2.05, 4.69) is 19.9 Å². The summed E-state index contributed by atoms with van der Waals surface area (Å²) in [6.07, 6.45) is -4.29. The molecule has 0 unspecified atom stereocenters. The van der Waals surface area contributed by atoms with E-state index in [0.717, 1.165) is 6.07 Å². The summed E-state index contributed by atoms with van der Waals surface area (Å²) >= 11 is 0. The second kappa shape index (κ2) is 8.02. The first kappa shape index (κ1) is 22.5. The van der Waals surface area contributed by atoms with Crippen LogP contribution in [0.4, 0.5) is 26.3 Å². The van der Waals surface area contributed by atoms with E-state index < -0.39 is 34.9 Å². The maximum absolute atomic E-state index is 14.4. The van der Waals surface area contributed by atoms with Crippen molar-refractivity contribution in [2.75, 3.05) is 0 Å². The van der Waals surface area contributed by atoms with E-state index in [-0.39, 0.29) is 22.6 Å². The van der Waals surface area contributed by atoms with Crippen molar-refractivity contribution in [3.63, 3.8) is 0 Å². The molecule has 4 heterocycles. The molecule has 4 nitrogen and oxygen atoms in total. The summed E-state index contributed by atoms with van der Waals surface area (Å²) in [4.78, 5) is 14.3. The Kier molecular flexibility index (Phi) is 5.47. The van der Waals surface area contributed by atoms with Gasteiger partial charge in [-0.15, -0.1) is 0 Å². The van der Waals surface area contributed by atoms with Crippen LogP contribution in [0, 0.1) is 17.7 Å². The highest BCUT2D eigenvalue weighted by Crippen LogP contribution is 2.36. The Morgan fingerprint density at radius 3 is 1.94 bits per heavy atom. The number of halogens is 6. The van der Waals surface area contributed by atoms with Gasteiger partial charge in [0, 0.05) is 11.6 Å². The van der Waals surface area contributed by atoms with Crippen LogP contribution in [-0.4, -0.2) is 19.9 Å². The second-order valence-electron chi connectivity index (χ2n) is 7.80. The van der Waals surface area contributed by atoms with Crippen molar-refractivity contribution in [3.05, 3.63) is 89.4 Å². The van der Waals surface area contributed by atoms with Gasteiger partial charge in [0.2, 0.25) is 11.9 Å². The van der Waals surface area contributed by atoms with Gasteiger partial charge in [-0.25, -0.2) is 4.39 Å².